The van der Waals surface area contributed by atoms with Crippen molar-refractivity contribution in [2.24, 2.45) is 0 Å². The van der Waals surface area contributed by atoms with Crippen LogP contribution in [-0.2, 0) is 4.74 Å². The molecule has 2 radical (unpaired) electrons. The molecule has 0 aliphatic rings. The predicted octanol–water partition coefficient (Wildman–Crippen LogP) is 0.177. The molecule has 0 aromatic heterocycles. The van der Waals surface area contributed by atoms with Crippen LogP contribution in [0.5, 0.6) is 0 Å². The monoisotopic (exact) mass is 332 g/mol. The number of hydrogen-bond donors (Lipinski definition) is 0. The standard InChI is InChI=1S/C4H8OTe2/c6-3-1-5-2-4-7/h1-4H2. The molecule has 0 amide bonds. The summed E-state index contributed by atoms with van der Waals surface area (Å²) in [5.74, 6) is 0. The van der Waals surface area contributed by atoms with Gasteiger partial charge in [0.2, 0.25) is 0 Å². The summed E-state index contributed by atoms with van der Waals surface area (Å²) in [7, 11) is 0. The molecule has 7 heavy (non-hydrogen) atoms. The zero-order valence-electron chi connectivity index (χ0n) is 4.05. The van der Waals surface area contributed by atoms with Gasteiger partial charge in [-0.2, -0.15) is 0 Å². The van der Waals surface area contributed by atoms with Gasteiger partial charge in [-0.1, -0.05) is 0 Å². The normalized spacial score (nSPS) is 9.43. The van der Waals surface area contributed by atoms with Crippen molar-refractivity contribution < 1.29 is 4.74 Å². The molecule has 0 aliphatic heterocycles. The fourth-order valence-electron chi connectivity index (χ4n) is 0.220. The molecule has 0 spiro atoms. The van der Waals surface area contributed by atoms with Crippen LogP contribution in [0.3, 0.4) is 0 Å². The van der Waals surface area contributed by atoms with Gasteiger partial charge in [-0.25, -0.2) is 0 Å². The Balaban J connectivity index is 2.45. The molecule has 0 aromatic carbocycles. The Morgan fingerprint density at radius 3 is 1.71 bits per heavy atom. The summed E-state index contributed by atoms with van der Waals surface area (Å²) >= 11 is 4.12. The van der Waals surface area contributed by atoms with Crippen molar-refractivity contribution in [1.82, 2.24) is 0 Å². The quantitative estimate of drug-likeness (QED) is 0.529. The van der Waals surface area contributed by atoms with Crippen LogP contribution < -0.4 is 0 Å². The van der Waals surface area contributed by atoms with Gasteiger partial charge >= 0.3 is 71.5 Å². The third-order valence-electron chi connectivity index (χ3n) is 0.455. The molecule has 0 heterocycles. The van der Waals surface area contributed by atoms with Crippen LogP contribution >= 0.6 is 0 Å². The van der Waals surface area contributed by atoms with Gasteiger partial charge in [-0.3, -0.25) is 0 Å². The maximum absolute atomic E-state index is 5.14. The molecule has 0 fully saturated rings. The van der Waals surface area contributed by atoms with E-state index in [1.807, 2.05) is 0 Å². The minimum atomic E-state index is 0.930. The number of ether oxygens (including phenoxy) is 1. The SMILES string of the molecule is [Te]CCOCC[Te]. The minimum absolute atomic E-state index is 0.930. The van der Waals surface area contributed by atoms with E-state index in [4.69, 9.17) is 4.74 Å². The van der Waals surface area contributed by atoms with E-state index < -0.39 is 0 Å². The van der Waals surface area contributed by atoms with Gasteiger partial charge < -0.3 is 0 Å². The zero-order chi connectivity index (χ0) is 5.54. The predicted molar refractivity (Wildman–Crippen MR) is 31.9 cm³/mol. The zero-order valence-corrected chi connectivity index (χ0v) is 8.71. The second-order valence-corrected chi connectivity index (χ2v) is 3.35. The Hall–Kier alpha value is 1.54. The van der Waals surface area contributed by atoms with E-state index in [9.17, 15) is 0 Å². The van der Waals surface area contributed by atoms with Crippen LogP contribution in [0.15, 0.2) is 0 Å². The first-order chi connectivity index (χ1) is 3.41. The third-order valence-corrected chi connectivity index (χ3v) is 1.41. The Bertz CT molecular complexity index is 28.9. The van der Waals surface area contributed by atoms with Crippen LogP contribution in [0.25, 0.3) is 0 Å². The first kappa shape index (κ1) is 8.54. The molecule has 0 bridgehead atoms. The molecule has 0 saturated carbocycles. The average molecular weight is 327 g/mol. The fraction of sp³-hybridized carbons (Fsp3) is 1.00. The molecule has 0 rings (SSSR count). The molecule has 0 saturated heterocycles. The van der Waals surface area contributed by atoms with Crippen molar-refractivity contribution in [3.63, 3.8) is 0 Å². The Labute approximate surface area is 71.0 Å². The van der Waals surface area contributed by atoms with E-state index in [2.05, 4.69) is 44.6 Å². The average Bonchev–Trinajstić information content (AvgIpc) is 1.69. The van der Waals surface area contributed by atoms with Crippen LogP contribution in [0.2, 0.25) is 8.94 Å². The summed E-state index contributed by atoms with van der Waals surface area (Å²) in [5, 5.41) is 0. The molecule has 0 N–H and O–H groups in total. The maximum atomic E-state index is 5.14. The van der Waals surface area contributed by atoms with Crippen molar-refractivity contribution in [2.75, 3.05) is 13.2 Å². The molecule has 0 atom stereocenters. The Kier molecular flexibility index (Phi) is 9.20. The second-order valence-electron chi connectivity index (χ2n) is 1.02. The van der Waals surface area contributed by atoms with Gasteiger partial charge in [0.15, 0.2) is 0 Å². The molecule has 42 valence electrons. The third kappa shape index (κ3) is 7.54. The van der Waals surface area contributed by atoms with Gasteiger partial charge in [-0.15, -0.1) is 0 Å². The fourth-order valence-corrected chi connectivity index (χ4v) is 0.893. The van der Waals surface area contributed by atoms with Gasteiger partial charge in [0.25, 0.3) is 0 Å². The summed E-state index contributed by atoms with van der Waals surface area (Å²) in [6, 6.07) is 0. The van der Waals surface area contributed by atoms with Crippen molar-refractivity contribution in [2.45, 2.75) is 8.94 Å². The summed E-state index contributed by atoms with van der Waals surface area (Å²) in [6.45, 7) is 1.86. The van der Waals surface area contributed by atoms with E-state index in [1.54, 1.807) is 0 Å². The van der Waals surface area contributed by atoms with Crippen LogP contribution in [0.1, 0.15) is 0 Å². The van der Waals surface area contributed by atoms with Crippen molar-refractivity contribution in [1.29, 1.82) is 0 Å². The molecular formula is C4H8OTe2. The van der Waals surface area contributed by atoms with E-state index in [0.717, 1.165) is 22.2 Å². The Morgan fingerprint density at radius 2 is 1.43 bits per heavy atom. The first-order valence-corrected chi connectivity index (χ1v) is 5.45. The van der Waals surface area contributed by atoms with Crippen LogP contribution in [0, 0.1) is 0 Å². The number of hydrogen-bond acceptors (Lipinski definition) is 1. The van der Waals surface area contributed by atoms with Crippen molar-refractivity contribution >= 4 is 44.6 Å². The summed E-state index contributed by atoms with van der Waals surface area (Å²) < 4.78 is 7.44. The van der Waals surface area contributed by atoms with Gasteiger partial charge in [0, 0.05) is 0 Å². The Morgan fingerprint density at radius 1 is 1.00 bits per heavy atom. The summed E-state index contributed by atoms with van der Waals surface area (Å²) in [6.07, 6.45) is 0. The number of rotatable bonds is 4. The first-order valence-electron chi connectivity index (χ1n) is 2.15. The van der Waals surface area contributed by atoms with Gasteiger partial charge in [-0.05, 0) is 0 Å². The van der Waals surface area contributed by atoms with Crippen LogP contribution in [0.4, 0.5) is 0 Å². The molecule has 0 unspecified atom stereocenters. The summed E-state index contributed by atoms with van der Waals surface area (Å²) in [4.78, 5) is 0. The van der Waals surface area contributed by atoms with E-state index in [0.29, 0.717) is 0 Å². The molecule has 0 aliphatic carbocycles. The molecular weight excluding hydrogens is 319 g/mol. The molecule has 3 heteroatoms. The molecule has 1 nitrogen and oxygen atoms in total. The van der Waals surface area contributed by atoms with E-state index in [1.165, 1.54) is 0 Å². The van der Waals surface area contributed by atoms with Crippen LogP contribution in [-0.4, -0.2) is 57.8 Å². The van der Waals surface area contributed by atoms with Crippen molar-refractivity contribution in [3.8, 4) is 0 Å². The summed E-state index contributed by atoms with van der Waals surface area (Å²) in [5.41, 5.74) is 0. The van der Waals surface area contributed by atoms with Crippen molar-refractivity contribution in [3.05, 3.63) is 0 Å². The van der Waals surface area contributed by atoms with E-state index in [-0.39, 0.29) is 0 Å². The van der Waals surface area contributed by atoms with Gasteiger partial charge in [0.1, 0.15) is 0 Å². The van der Waals surface area contributed by atoms with Gasteiger partial charge in [0.05, 0.1) is 0 Å². The van der Waals surface area contributed by atoms with E-state index >= 15 is 0 Å². The molecule has 0 aromatic rings. The topological polar surface area (TPSA) is 9.23 Å². The second kappa shape index (κ2) is 7.54.